The number of unbranched alkanes of at least 4 members (excludes halogenated alkanes) is 3. The van der Waals surface area contributed by atoms with Crippen molar-refractivity contribution in [3.8, 4) is 5.75 Å². The Morgan fingerprint density at radius 1 is 1.30 bits per heavy atom. The maximum Gasteiger partial charge on any atom is 0.239 e. The van der Waals surface area contributed by atoms with E-state index < -0.39 is 0 Å². The maximum atomic E-state index is 12.0. The molecular weight excluding hydrogens is 294 g/mol. The van der Waals surface area contributed by atoms with Crippen molar-refractivity contribution in [2.45, 2.75) is 39.0 Å². The Labute approximate surface area is 136 Å². The number of nitrogens with one attached hydrogen (secondary N) is 1. The van der Waals surface area contributed by atoms with Gasteiger partial charge in [0.2, 0.25) is 11.8 Å². The zero-order valence-corrected chi connectivity index (χ0v) is 13.6. The second-order valence-electron chi connectivity index (χ2n) is 5.82. The van der Waals surface area contributed by atoms with E-state index >= 15 is 0 Å². The van der Waals surface area contributed by atoms with Crippen LogP contribution in [-0.4, -0.2) is 25.0 Å². The molecule has 1 aromatic rings. The molecule has 0 radical (unpaired) electrons. The van der Waals surface area contributed by atoms with Crippen LogP contribution in [0.15, 0.2) is 24.3 Å². The molecule has 1 aromatic carbocycles. The molecule has 3 N–H and O–H groups in total. The third kappa shape index (κ3) is 4.69. The van der Waals surface area contributed by atoms with Crippen molar-refractivity contribution in [3.05, 3.63) is 24.3 Å². The van der Waals surface area contributed by atoms with Crippen LogP contribution in [0.4, 0.5) is 5.69 Å². The highest BCUT2D eigenvalue weighted by atomic mass is 16.5. The summed E-state index contributed by atoms with van der Waals surface area (Å²) >= 11 is 0. The average Bonchev–Trinajstić information content (AvgIpc) is 2.96. The number of amides is 2. The van der Waals surface area contributed by atoms with Crippen LogP contribution >= 0.6 is 0 Å². The second kappa shape index (κ2) is 8.53. The lowest BCUT2D eigenvalue weighted by molar-refractivity contribution is -0.126. The van der Waals surface area contributed by atoms with Crippen molar-refractivity contribution in [1.82, 2.24) is 5.43 Å². The Bertz CT molecular complexity index is 530. The molecule has 0 spiro atoms. The zero-order valence-electron chi connectivity index (χ0n) is 13.6. The normalized spacial score (nSPS) is 17.4. The first-order valence-electron chi connectivity index (χ1n) is 8.19. The number of nitrogens with two attached hydrogens (primary N) is 1. The number of carbonyl (C=O) groups excluding carboxylic acids is 2. The van der Waals surface area contributed by atoms with Gasteiger partial charge in [0.25, 0.3) is 0 Å². The molecule has 1 aliphatic rings. The predicted octanol–water partition coefficient (Wildman–Crippen LogP) is 1.99. The van der Waals surface area contributed by atoms with Gasteiger partial charge in [0, 0.05) is 18.7 Å². The zero-order chi connectivity index (χ0) is 16.7. The van der Waals surface area contributed by atoms with E-state index in [-0.39, 0.29) is 24.2 Å². The highest BCUT2D eigenvalue weighted by Gasteiger charge is 2.34. The Hall–Kier alpha value is -2.08. The molecule has 1 unspecified atom stereocenters. The summed E-state index contributed by atoms with van der Waals surface area (Å²) in [5, 5.41) is 0. The van der Waals surface area contributed by atoms with Crippen molar-refractivity contribution in [2.24, 2.45) is 11.8 Å². The molecule has 0 bridgehead atoms. The Kier molecular flexibility index (Phi) is 6.40. The van der Waals surface area contributed by atoms with Gasteiger partial charge in [-0.25, -0.2) is 5.84 Å². The topological polar surface area (TPSA) is 84.7 Å². The Morgan fingerprint density at radius 3 is 2.70 bits per heavy atom. The molecular formula is C17H25N3O3. The van der Waals surface area contributed by atoms with E-state index in [9.17, 15) is 9.59 Å². The number of carbonyl (C=O) groups is 2. The molecule has 6 nitrogen and oxygen atoms in total. The highest BCUT2D eigenvalue weighted by Crippen LogP contribution is 2.27. The molecule has 6 heteroatoms. The number of benzene rings is 1. The van der Waals surface area contributed by atoms with Gasteiger partial charge in [-0.2, -0.15) is 0 Å². The number of nitrogens with zero attached hydrogens (tertiary/aromatic N) is 1. The lowest BCUT2D eigenvalue weighted by Gasteiger charge is -2.17. The third-order valence-electron chi connectivity index (χ3n) is 4.05. The van der Waals surface area contributed by atoms with Gasteiger partial charge in [-0.15, -0.1) is 0 Å². The van der Waals surface area contributed by atoms with Crippen molar-refractivity contribution >= 4 is 17.5 Å². The summed E-state index contributed by atoms with van der Waals surface area (Å²) in [6.45, 7) is 3.25. The predicted molar refractivity (Wildman–Crippen MR) is 88.9 cm³/mol. The van der Waals surface area contributed by atoms with E-state index in [1.165, 1.54) is 19.3 Å². The molecule has 1 atom stereocenters. The molecule has 0 aliphatic carbocycles. The van der Waals surface area contributed by atoms with Crippen molar-refractivity contribution in [2.75, 3.05) is 18.1 Å². The Balaban J connectivity index is 1.87. The average molecular weight is 319 g/mol. The molecule has 23 heavy (non-hydrogen) atoms. The van der Waals surface area contributed by atoms with Crippen LogP contribution in [0.25, 0.3) is 0 Å². The van der Waals surface area contributed by atoms with E-state index in [0.717, 1.165) is 17.9 Å². The van der Waals surface area contributed by atoms with Crippen LogP contribution in [0.3, 0.4) is 0 Å². The Morgan fingerprint density at radius 2 is 2.04 bits per heavy atom. The maximum absolute atomic E-state index is 12.0. The number of hydrogen-bond donors (Lipinski definition) is 2. The van der Waals surface area contributed by atoms with E-state index in [0.29, 0.717) is 13.2 Å². The fraction of sp³-hybridized carbons (Fsp3) is 0.529. The second-order valence-corrected chi connectivity index (χ2v) is 5.82. The summed E-state index contributed by atoms with van der Waals surface area (Å²) in [5.41, 5.74) is 2.89. The summed E-state index contributed by atoms with van der Waals surface area (Å²) in [6.07, 6.45) is 4.87. The molecule has 126 valence electrons. The van der Waals surface area contributed by atoms with Gasteiger partial charge >= 0.3 is 0 Å². The fourth-order valence-electron chi connectivity index (χ4n) is 2.69. The van der Waals surface area contributed by atoms with E-state index in [1.807, 2.05) is 24.3 Å². The molecule has 1 saturated heterocycles. The van der Waals surface area contributed by atoms with Gasteiger partial charge in [-0.3, -0.25) is 15.0 Å². The first-order valence-corrected chi connectivity index (χ1v) is 8.19. The quantitative estimate of drug-likeness (QED) is 0.332. The van der Waals surface area contributed by atoms with Gasteiger partial charge in [0.05, 0.1) is 12.5 Å². The van der Waals surface area contributed by atoms with Crippen LogP contribution in [0.5, 0.6) is 5.75 Å². The molecule has 1 heterocycles. The van der Waals surface area contributed by atoms with E-state index in [4.69, 9.17) is 10.6 Å². The van der Waals surface area contributed by atoms with Gasteiger partial charge < -0.3 is 9.64 Å². The van der Waals surface area contributed by atoms with Crippen molar-refractivity contribution in [1.29, 1.82) is 0 Å². The largest absolute Gasteiger partial charge is 0.494 e. The van der Waals surface area contributed by atoms with Crippen LogP contribution in [0.2, 0.25) is 0 Å². The van der Waals surface area contributed by atoms with Crippen LogP contribution < -0.4 is 20.9 Å². The van der Waals surface area contributed by atoms with Crippen molar-refractivity contribution in [3.63, 3.8) is 0 Å². The van der Waals surface area contributed by atoms with Crippen molar-refractivity contribution < 1.29 is 14.3 Å². The van der Waals surface area contributed by atoms with E-state index in [1.54, 1.807) is 4.90 Å². The summed E-state index contributed by atoms with van der Waals surface area (Å²) < 4.78 is 5.69. The van der Waals surface area contributed by atoms with Gasteiger partial charge in [-0.05, 0) is 30.7 Å². The monoisotopic (exact) mass is 319 g/mol. The van der Waals surface area contributed by atoms with E-state index in [2.05, 4.69) is 12.3 Å². The smallest absolute Gasteiger partial charge is 0.239 e. The first-order chi connectivity index (χ1) is 11.2. The number of anilines is 1. The SMILES string of the molecule is CCCCCCOc1ccc(N2CC(C(=O)NN)CC2=O)cc1. The first kappa shape index (κ1) is 17.3. The summed E-state index contributed by atoms with van der Waals surface area (Å²) in [4.78, 5) is 25.2. The van der Waals surface area contributed by atoms with Crippen LogP contribution in [0, 0.1) is 5.92 Å². The fourth-order valence-corrected chi connectivity index (χ4v) is 2.69. The minimum absolute atomic E-state index is 0.0631. The summed E-state index contributed by atoms with van der Waals surface area (Å²) in [7, 11) is 0. The number of rotatable bonds is 8. The molecule has 0 saturated carbocycles. The highest BCUT2D eigenvalue weighted by molar-refractivity contribution is 6.00. The summed E-state index contributed by atoms with van der Waals surface area (Å²) in [5.74, 6) is 5.18. The van der Waals surface area contributed by atoms with Gasteiger partial charge in [0.15, 0.2) is 0 Å². The number of ether oxygens (including phenoxy) is 1. The molecule has 0 aromatic heterocycles. The van der Waals surface area contributed by atoms with Crippen LogP contribution in [-0.2, 0) is 9.59 Å². The van der Waals surface area contributed by atoms with Crippen LogP contribution in [0.1, 0.15) is 39.0 Å². The summed E-state index contributed by atoms with van der Waals surface area (Å²) in [6, 6.07) is 7.42. The molecule has 2 rings (SSSR count). The standard InChI is InChI=1S/C17H25N3O3/c1-2-3-4-5-10-23-15-8-6-14(7-9-15)20-12-13(11-16(20)21)17(22)19-18/h6-9,13H,2-5,10-12,18H2,1H3,(H,19,22). The number of hydrazine groups is 1. The minimum Gasteiger partial charge on any atom is -0.494 e. The molecule has 1 aliphatic heterocycles. The lowest BCUT2D eigenvalue weighted by Crippen LogP contribution is -2.37. The third-order valence-corrected chi connectivity index (χ3v) is 4.05. The van der Waals surface area contributed by atoms with Gasteiger partial charge in [-0.1, -0.05) is 26.2 Å². The lowest BCUT2D eigenvalue weighted by atomic mass is 10.1. The number of hydrogen-bond acceptors (Lipinski definition) is 4. The van der Waals surface area contributed by atoms with Gasteiger partial charge in [0.1, 0.15) is 5.75 Å². The molecule has 2 amide bonds. The minimum atomic E-state index is -0.387. The molecule has 1 fully saturated rings.